The Labute approximate surface area is 102 Å². The van der Waals surface area contributed by atoms with E-state index >= 15 is 0 Å². The Hall–Kier alpha value is -1.59. The molecule has 2 heterocycles. The minimum absolute atomic E-state index is 0.513. The zero-order chi connectivity index (χ0) is 11.7. The molecule has 1 N–H and O–H groups in total. The number of rotatable bonds is 1. The van der Waals surface area contributed by atoms with Gasteiger partial charge in [-0.3, -0.25) is 4.98 Å². The first-order chi connectivity index (χ1) is 8.38. The van der Waals surface area contributed by atoms with Gasteiger partial charge in [-0.25, -0.2) is 0 Å². The second kappa shape index (κ2) is 4.35. The first kappa shape index (κ1) is 10.6. The highest BCUT2D eigenvalue weighted by molar-refractivity contribution is 5.72. The zero-order valence-electron chi connectivity index (χ0n) is 9.82. The van der Waals surface area contributed by atoms with Crippen LogP contribution in [0.2, 0.25) is 0 Å². The molecule has 2 aliphatic rings. The topological polar surface area (TPSA) is 24.9 Å². The average molecular weight is 224 g/mol. The number of hydrogen-bond donors (Lipinski definition) is 1. The summed E-state index contributed by atoms with van der Waals surface area (Å²) in [5.74, 6) is 3.42. The summed E-state index contributed by atoms with van der Waals surface area (Å²) >= 11 is 0. The number of allylic oxidation sites excluding steroid dienone is 1. The van der Waals surface area contributed by atoms with E-state index in [4.69, 9.17) is 6.42 Å². The molecule has 3 rings (SSSR count). The van der Waals surface area contributed by atoms with Crippen LogP contribution in [-0.4, -0.2) is 17.6 Å². The lowest BCUT2D eigenvalue weighted by atomic mass is 9.88. The molecule has 0 unspecified atom stereocenters. The van der Waals surface area contributed by atoms with E-state index in [-0.39, 0.29) is 0 Å². The Kier molecular flexibility index (Phi) is 2.70. The highest BCUT2D eigenvalue weighted by Gasteiger charge is 2.32. The van der Waals surface area contributed by atoms with Crippen molar-refractivity contribution < 1.29 is 0 Å². The average Bonchev–Trinajstić information content (AvgIpc) is 2.82. The lowest BCUT2D eigenvalue weighted by Gasteiger charge is -2.29. The molecule has 1 saturated heterocycles. The van der Waals surface area contributed by atoms with Gasteiger partial charge in [0.25, 0.3) is 0 Å². The summed E-state index contributed by atoms with van der Waals surface area (Å²) in [4.78, 5) is 4.23. The molecule has 1 aliphatic carbocycles. The van der Waals surface area contributed by atoms with Crippen LogP contribution in [0.25, 0.3) is 5.57 Å². The maximum absolute atomic E-state index is 5.42. The minimum atomic E-state index is 0.513. The van der Waals surface area contributed by atoms with Crippen LogP contribution in [0.15, 0.2) is 24.5 Å². The van der Waals surface area contributed by atoms with E-state index in [0.717, 1.165) is 18.0 Å². The first-order valence-electron chi connectivity index (χ1n) is 6.24. The zero-order valence-corrected chi connectivity index (χ0v) is 9.82. The van der Waals surface area contributed by atoms with Crippen molar-refractivity contribution in [3.05, 3.63) is 35.7 Å². The van der Waals surface area contributed by atoms with Crippen LogP contribution in [0.1, 0.15) is 30.4 Å². The van der Waals surface area contributed by atoms with E-state index in [1.807, 2.05) is 6.20 Å². The summed E-state index contributed by atoms with van der Waals surface area (Å²) in [5, 5.41) is 3.62. The second-order valence-corrected chi connectivity index (χ2v) is 4.84. The molecule has 1 fully saturated rings. The quantitative estimate of drug-likeness (QED) is 0.740. The number of terminal acetylenes is 1. The van der Waals surface area contributed by atoms with Gasteiger partial charge in [0.05, 0.1) is 0 Å². The number of piperidine rings is 1. The number of nitrogens with zero attached hydrogens (tertiary/aromatic N) is 1. The molecule has 0 amide bonds. The molecule has 2 nitrogen and oxygen atoms in total. The van der Waals surface area contributed by atoms with Gasteiger partial charge in [-0.1, -0.05) is 12.0 Å². The lowest BCUT2D eigenvalue weighted by molar-refractivity contribution is 0.346. The molecule has 0 aromatic carbocycles. The molecule has 2 atom stereocenters. The van der Waals surface area contributed by atoms with Crippen molar-refractivity contribution in [3.63, 3.8) is 0 Å². The van der Waals surface area contributed by atoms with Gasteiger partial charge in [0, 0.05) is 24.0 Å². The van der Waals surface area contributed by atoms with Crippen molar-refractivity contribution in [2.24, 2.45) is 5.92 Å². The van der Waals surface area contributed by atoms with Crippen molar-refractivity contribution in [2.45, 2.75) is 25.3 Å². The predicted molar refractivity (Wildman–Crippen MR) is 69.3 cm³/mol. The number of aromatic nitrogens is 1. The van der Waals surface area contributed by atoms with Gasteiger partial charge in [0.1, 0.15) is 0 Å². The smallest absolute Gasteiger partial charge is 0.0432 e. The minimum Gasteiger partial charge on any atom is -0.310 e. The predicted octanol–water partition coefficient (Wildman–Crippen LogP) is 2.22. The maximum Gasteiger partial charge on any atom is 0.0432 e. The van der Waals surface area contributed by atoms with Crippen LogP contribution in [0, 0.1) is 18.3 Å². The lowest BCUT2D eigenvalue weighted by Crippen LogP contribution is -2.39. The van der Waals surface area contributed by atoms with E-state index in [1.54, 1.807) is 6.20 Å². The molecule has 1 aliphatic heterocycles. The van der Waals surface area contributed by atoms with E-state index in [9.17, 15) is 0 Å². The fourth-order valence-corrected chi connectivity index (χ4v) is 2.95. The molecular formula is C15H16N2. The van der Waals surface area contributed by atoms with Crippen molar-refractivity contribution in [1.29, 1.82) is 0 Å². The monoisotopic (exact) mass is 224 g/mol. The molecule has 17 heavy (non-hydrogen) atoms. The largest absolute Gasteiger partial charge is 0.310 e. The van der Waals surface area contributed by atoms with Crippen molar-refractivity contribution in [3.8, 4) is 12.3 Å². The summed E-state index contributed by atoms with van der Waals surface area (Å²) in [6, 6.07) is 2.58. The van der Waals surface area contributed by atoms with Gasteiger partial charge in [0.2, 0.25) is 0 Å². The third-order valence-corrected chi connectivity index (χ3v) is 3.80. The Morgan fingerprint density at radius 2 is 2.35 bits per heavy atom. The molecule has 0 radical (unpaired) electrons. The molecule has 1 aromatic heterocycles. The van der Waals surface area contributed by atoms with Crippen LogP contribution in [0.3, 0.4) is 0 Å². The summed E-state index contributed by atoms with van der Waals surface area (Å²) in [6.07, 6.45) is 15.3. The highest BCUT2D eigenvalue weighted by atomic mass is 14.9. The molecule has 0 bridgehead atoms. The van der Waals surface area contributed by atoms with Crippen molar-refractivity contribution >= 4 is 5.57 Å². The molecule has 86 valence electrons. The third kappa shape index (κ3) is 1.87. The first-order valence-corrected chi connectivity index (χ1v) is 6.24. The van der Waals surface area contributed by atoms with Gasteiger partial charge in [-0.15, -0.1) is 6.42 Å². The summed E-state index contributed by atoms with van der Waals surface area (Å²) in [6.45, 7) is 1.13. The molecule has 1 aromatic rings. The second-order valence-electron chi connectivity index (χ2n) is 4.84. The highest BCUT2D eigenvalue weighted by Crippen LogP contribution is 2.36. The van der Waals surface area contributed by atoms with Crippen LogP contribution in [0.5, 0.6) is 0 Å². The van der Waals surface area contributed by atoms with Gasteiger partial charge in [-0.05, 0) is 48.9 Å². The van der Waals surface area contributed by atoms with Gasteiger partial charge in [-0.2, -0.15) is 0 Å². The number of hydrogen-bond acceptors (Lipinski definition) is 2. The fourth-order valence-electron chi connectivity index (χ4n) is 2.95. The van der Waals surface area contributed by atoms with E-state index in [1.165, 1.54) is 30.4 Å². The Morgan fingerprint density at radius 3 is 3.24 bits per heavy atom. The van der Waals surface area contributed by atoms with Gasteiger partial charge >= 0.3 is 0 Å². The standard InChI is InChI=1S/C15H16N2/c1-2-11-8-13(10-16-9-11)14-6-5-12-4-3-7-17-15(12)14/h1,6,8-10,12,15,17H,3-5,7H2/t12-,15-/m0/s1. The molecule has 0 saturated carbocycles. The van der Waals surface area contributed by atoms with Crippen molar-refractivity contribution in [1.82, 2.24) is 10.3 Å². The fraction of sp³-hybridized carbons (Fsp3) is 0.400. The van der Waals surface area contributed by atoms with E-state index in [0.29, 0.717) is 6.04 Å². The summed E-state index contributed by atoms with van der Waals surface area (Å²) in [5.41, 5.74) is 3.43. The normalized spacial score (nSPS) is 27.1. The number of nitrogens with one attached hydrogen (secondary N) is 1. The Bertz CT molecular complexity index is 496. The number of fused-ring (bicyclic) bond motifs is 1. The Balaban J connectivity index is 1.91. The van der Waals surface area contributed by atoms with Crippen molar-refractivity contribution in [2.75, 3.05) is 6.54 Å². The van der Waals surface area contributed by atoms with Crippen LogP contribution < -0.4 is 5.32 Å². The molecule has 0 spiro atoms. The van der Waals surface area contributed by atoms with E-state index < -0.39 is 0 Å². The molecular weight excluding hydrogens is 208 g/mol. The summed E-state index contributed by atoms with van der Waals surface area (Å²) in [7, 11) is 0. The third-order valence-electron chi connectivity index (χ3n) is 3.80. The van der Waals surface area contributed by atoms with Gasteiger partial charge in [0.15, 0.2) is 0 Å². The van der Waals surface area contributed by atoms with Crippen LogP contribution >= 0.6 is 0 Å². The van der Waals surface area contributed by atoms with Crippen LogP contribution in [-0.2, 0) is 0 Å². The Morgan fingerprint density at radius 1 is 1.41 bits per heavy atom. The van der Waals surface area contributed by atoms with Gasteiger partial charge < -0.3 is 5.32 Å². The maximum atomic E-state index is 5.42. The molecule has 2 heteroatoms. The number of pyridine rings is 1. The van der Waals surface area contributed by atoms with E-state index in [2.05, 4.69) is 28.4 Å². The SMILES string of the molecule is C#Cc1cncc(C2=CC[C@@H]3CCCN[C@H]23)c1. The van der Waals surface area contributed by atoms with Crippen LogP contribution in [0.4, 0.5) is 0 Å². The summed E-state index contributed by atoms with van der Waals surface area (Å²) < 4.78 is 0.